The molecule has 3 aromatic rings. The van der Waals surface area contributed by atoms with Crippen LogP contribution in [0.2, 0.25) is 0 Å². The van der Waals surface area contributed by atoms with Crippen LogP contribution in [-0.2, 0) is 13.6 Å². The van der Waals surface area contributed by atoms with Crippen LogP contribution >= 0.6 is 0 Å². The van der Waals surface area contributed by atoms with E-state index in [0.717, 1.165) is 16.5 Å². The van der Waals surface area contributed by atoms with Crippen molar-refractivity contribution in [3.05, 3.63) is 66.1 Å². The summed E-state index contributed by atoms with van der Waals surface area (Å²) in [5.74, 6) is -0.0763. The van der Waals surface area contributed by atoms with Crippen molar-refractivity contribution < 1.29 is 4.79 Å². The van der Waals surface area contributed by atoms with Crippen LogP contribution < -0.4 is 5.32 Å². The SMILES string of the molecule is Cn1c(C(=O)NCc2ccccc2)cc2ccncc21. The van der Waals surface area contributed by atoms with Gasteiger partial charge in [0.05, 0.1) is 11.7 Å². The monoisotopic (exact) mass is 265 g/mol. The molecule has 2 heterocycles. The molecule has 0 saturated heterocycles. The molecule has 1 N–H and O–H groups in total. The Hall–Kier alpha value is -2.62. The molecule has 0 aliphatic rings. The third-order valence-electron chi connectivity index (χ3n) is 3.38. The molecule has 0 radical (unpaired) electrons. The Balaban J connectivity index is 1.81. The highest BCUT2D eigenvalue weighted by Gasteiger charge is 2.12. The third-order valence-corrected chi connectivity index (χ3v) is 3.38. The van der Waals surface area contributed by atoms with Gasteiger partial charge in [-0.3, -0.25) is 9.78 Å². The number of hydrogen-bond acceptors (Lipinski definition) is 2. The number of carbonyl (C=O) groups excluding carboxylic acids is 1. The molecule has 3 rings (SSSR count). The summed E-state index contributed by atoms with van der Waals surface area (Å²) in [5.41, 5.74) is 2.68. The number of pyridine rings is 1. The molecule has 1 aromatic carbocycles. The molecule has 4 nitrogen and oxygen atoms in total. The number of nitrogens with one attached hydrogen (secondary N) is 1. The van der Waals surface area contributed by atoms with Crippen LogP contribution in [0, 0.1) is 0 Å². The maximum Gasteiger partial charge on any atom is 0.268 e. The van der Waals surface area contributed by atoms with E-state index in [1.165, 1.54) is 0 Å². The van der Waals surface area contributed by atoms with Gasteiger partial charge in [-0.2, -0.15) is 0 Å². The van der Waals surface area contributed by atoms with Crippen molar-refractivity contribution >= 4 is 16.8 Å². The number of fused-ring (bicyclic) bond motifs is 1. The van der Waals surface area contributed by atoms with Crippen LogP contribution in [0.5, 0.6) is 0 Å². The first-order valence-electron chi connectivity index (χ1n) is 6.47. The number of nitrogens with zero attached hydrogens (tertiary/aromatic N) is 2. The van der Waals surface area contributed by atoms with E-state index >= 15 is 0 Å². The maximum atomic E-state index is 12.3. The predicted octanol–water partition coefficient (Wildman–Crippen LogP) is 2.50. The van der Waals surface area contributed by atoms with Crippen LogP contribution in [0.3, 0.4) is 0 Å². The summed E-state index contributed by atoms with van der Waals surface area (Å²) < 4.78 is 1.86. The number of aromatic nitrogens is 2. The lowest BCUT2D eigenvalue weighted by atomic mass is 10.2. The van der Waals surface area contributed by atoms with Gasteiger partial charge in [-0.05, 0) is 17.7 Å². The van der Waals surface area contributed by atoms with E-state index in [2.05, 4.69) is 10.3 Å². The summed E-state index contributed by atoms with van der Waals surface area (Å²) in [4.78, 5) is 16.3. The molecule has 0 fully saturated rings. The minimum atomic E-state index is -0.0763. The zero-order valence-corrected chi connectivity index (χ0v) is 11.2. The summed E-state index contributed by atoms with van der Waals surface area (Å²) in [6, 6.07) is 13.7. The van der Waals surface area contributed by atoms with Gasteiger partial charge in [0.1, 0.15) is 5.69 Å². The molecular formula is C16H15N3O. The second-order valence-corrected chi connectivity index (χ2v) is 4.69. The minimum absolute atomic E-state index is 0.0763. The van der Waals surface area contributed by atoms with Gasteiger partial charge in [-0.1, -0.05) is 30.3 Å². The molecular weight excluding hydrogens is 250 g/mol. The molecule has 0 bridgehead atoms. The van der Waals surface area contributed by atoms with Gasteiger partial charge < -0.3 is 9.88 Å². The second-order valence-electron chi connectivity index (χ2n) is 4.69. The highest BCUT2D eigenvalue weighted by molar-refractivity contribution is 5.98. The number of benzene rings is 1. The smallest absolute Gasteiger partial charge is 0.268 e. The maximum absolute atomic E-state index is 12.3. The van der Waals surface area contributed by atoms with Crippen molar-refractivity contribution in [3.8, 4) is 0 Å². The molecule has 0 unspecified atom stereocenters. The molecule has 2 aromatic heterocycles. The Morgan fingerprint density at radius 1 is 1.25 bits per heavy atom. The average molecular weight is 265 g/mol. The Kier molecular flexibility index (Phi) is 3.21. The molecule has 1 amide bonds. The van der Waals surface area contributed by atoms with Crippen LogP contribution in [0.4, 0.5) is 0 Å². The number of amides is 1. The normalized spacial score (nSPS) is 10.7. The predicted molar refractivity (Wildman–Crippen MR) is 78.3 cm³/mol. The molecule has 20 heavy (non-hydrogen) atoms. The van der Waals surface area contributed by atoms with Crippen LogP contribution in [0.15, 0.2) is 54.9 Å². The van der Waals surface area contributed by atoms with Gasteiger partial charge in [0, 0.05) is 25.2 Å². The van der Waals surface area contributed by atoms with Gasteiger partial charge in [-0.25, -0.2) is 0 Å². The highest BCUT2D eigenvalue weighted by Crippen LogP contribution is 2.17. The van der Waals surface area contributed by atoms with E-state index < -0.39 is 0 Å². The molecule has 100 valence electrons. The lowest BCUT2D eigenvalue weighted by molar-refractivity contribution is 0.0943. The lowest BCUT2D eigenvalue weighted by Gasteiger charge is -2.06. The van der Waals surface area contributed by atoms with Gasteiger partial charge >= 0.3 is 0 Å². The van der Waals surface area contributed by atoms with Crippen LogP contribution in [0.1, 0.15) is 16.1 Å². The van der Waals surface area contributed by atoms with Crippen LogP contribution in [0.25, 0.3) is 10.9 Å². The number of aryl methyl sites for hydroxylation is 1. The Morgan fingerprint density at radius 2 is 2.05 bits per heavy atom. The Morgan fingerprint density at radius 3 is 2.80 bits per heavy atom. The molecule has 0 aliphatic heterocycles. The number of hydrogen-bond donors (Lipinski definition) is 1. The van der Waals surface area contributed by atoms with E-state index in [-0.39, 0.29) is 5.91 Å². The zero-order chi connectivity index (χ0) is 13.9. The highest BCUT2D eigenvalue weighted by atomic mass is 16.1. The van der Waals surface area contributed by atoms with Crippen molar-refractivity contribution in [2.24, 2.45) is 7.05 Å². The first-order chi connectivity index (χ1) is 9.75. The number of carbonyl (C=O) groups is 1. The van der Waals surface area contributed by atoms with E-state index in [1.54, 1.807) is 12.4 Å². The lowest BCUT2D eigenvalue weighted by Crippen LogP contribution is -2.24. The quantitative estimate of drug-likeness (QED) is 0.791. The van der Waals surface area contributed by atoms with E-state index in [1.807, 2.05) is 54.1 Å². The fourth-order valence-electron chi connectivity index (χ4n) is 2.26. The molecule has 4 heteroatoms. The largest absolute Gasteiger partial charge is 0.347 e. The summed E-state index contributed by atoms with van der Waals surface area (Å²) in [5, 5.41) is 3.96. The van der Waals surface area contributed by atoms with Crippen molar-refractivity contribution in [2.75, 3.05) is 0 Å². The molecule has 0 atom stereocenters. The van der Waals surface area contributed by atoms with E-state index in [0.29, 0.717) is 12.2 Å². The van der Waals surface area contributed by atoms with Crippen molar-refractivity contribution in [3.63, 3.8) is 0 Å². The van der Waals surface area contributed by atoms with Gasteiger partial charge in [0.2, 0.25) is 0 Å². The standard InChI is InChI=1S/C16H15N3O/c1-19-14(9-13-7-8-17-11-15(13)19)16(20)18-10-12-5-3-2-4-6-12/h2-9,11H,10H2,1H3,(H,18,20). The van der Waals surface area contributed by atoms with Gasteiger partial charge in [0.15, 0.2) is 0 Å². The first kappa shape index (κ1) is 12.4. The summed E-state index contributed by atoms with van der Waals surface area (Å²) in [7, 11) is 1.88. The van der Waals surface area contributed by atoms with E-state index in [4.69, 9.17) is 0 Å². The average Bonchev–Trinajstić information content (AvgIpc) is 2.84. The van der Waals surface area contributed by atoms with Gasteiger partial charge in [0.25, 0.3) is 5.91 Å². The molecule has 0 aliphatic carbocycles. The Labute approximate surface area is 117 Å². The summed E-state index contributed by atoms with van der Waals surface area (Å²) in [6.07, 6.45) is 3.50. The van der Waals surface area contributed by atoms with Crippen LogP contribution in [-0.4, -0.2) is 15.5 Å². The fraction of sp³-hybridized carbons (Fsp3) is 0.125. The van der Waals surface area contributed by atoms with Crippen molar-refractivity contribution in [1.29, 1.82) is 0 Å². The van der Waals surface area contributed by atoms with Crippen molar-refractivity contribution in [2.45, 2.75) is 6.54 Å². The second kappa shape index (κ2) is 5.17. The summed E-state index contributed by atoms with van der Waals surface area (Å²) >= 11 is 0. The topological polar surface area (TPSA) is 46.9 Å². The minimum Gasteiger partial charge on any atom is -0.347 e. The van der Waals surface area contributed by atoms with Gasteiger partial charge in [-0.15, -0.1) is 0 Å². The Bertz CT molecular complexity index is 747. The first-order valence-corrected chi connectivity index (χ1v) is 6.47. The third kappa shape index (κ3) is 2.28. The molecule has 0 saturated carbocycles. The fourth-order valence-corrected chi connectivity index (χ4v) is 2.26. The van der Waals surface area contributed by atoms with E-state index in [9.17, 15) is 4.79 Å². The summed E-state index contributed by atoms with van der Waals surface area (Å²) in [6.45, 7) is 0.527. The number of rotatable bonds is 3. The van der Waals surface area contributed by atoms with Crippen molar-refractivity contribution in [1.82, 2.24) is 14.9 Å². The zero-order valence-electron chi connectivity index (χ0n) is 11.2. The molecule has 0 spiro atoms.